The average molecular weight is 323 g/mol. The lowest BCUT2D eigenvalue weighted by molar-refractivity contribution is 0.501. The van der Waals surface area contributed by atoms with Crippen molar-refractivity contribution >= 4 is 27.3 Å². The van der Waals surface area contributed by atoms with Gasteiger partial charge in [0.2, 0.25) is 0 Å². The molecule has 0 saturated carbocycles. The van der Waals surface area contributed by atoms with Gasteiger partial charge in [0.1, 0.15) is 5.01 Å². The Hall–Kier alpha value is -0.710. The number of fused-ring (bicyclic) bond motifs is 1. The van der Waals surface area contributed by atoms with Crippen LogP contribution >= 0.6 is 27.3 Å². The van der Waals surface area contributed by atoms with E-state index in [9.17, 15) is 0 Å². The van der Waals surface area contributed by atoms with Gasteiger partial charge in [-0.3, -0.25) is 0 Å². The lowest BCUT2D eigenvalue weighted by Crippen LogP contribution is -2.19. The highest BCUT2D eigenvalue weighted by molar-refractivity contribution is 9.10. The second-order valence-corrected chi connectivity index (χ2v) is 6.52. The number of nitrogens with one attached hydrogen (secondary N) is 1. The first-order valence-corrected chi connectivity index (χ1v) is 7.81. The predicted molar refractivity (Wildman–Crippen MR) is 80.0 cm³/mol. The topological polar surface area (TPSA) is 24.9 Å². The number of hydrogen-bond acceptors (Lipinski definition) is 3. The van der Waals surface area contributed by atoms with Crippen molar-refractivity contribution in [1.29, 1.82) is 0 Å². The molecule has 1 aromatic heterocycles. The van der Waals surface area contributed by atoms with Crippen molar-refractivity contribution in [2.75, 3.05) is 7.05 Å². The molecule has 0 saturated heterocycles. The Morgan fingerprint density at radius 1 is 1.33 bits per heavy atom. The summed E-state index contributed by atoms with van der Waals surface area (Å²) in [5.41, 5.74) is 2.51. The van der Waals surface area contributed by atoms with E-state index in [0.717, 1.165) is 15.9 Å². The molecular weight excluding hydrogens is 308 g/mol. The van der Waals surface area contributed by atoms with Gasteiger partial charge in [-0.25, -0.2) is 4.98 Å². The summed E-state index contributed by atoms with van der Waals surface area (Å²) in [7, 11) is 2.04. The van der Waals surface area contributed by atoms with Crippen LogP contribution in [0.4, 0.5) is 0 Å². The fourth-order valence-corrected chi connectivity index (χ4v) is 3.94. The van der Waals surface area contributed by atoms with Crippen LogP contribution in [0.2, 0.25) is 0 Å². The molecule has 1 aliphatic carbocycles. The van der Waals surface area contributed by atoms with E-state index >= 15 is 0 Å². The number of aryl methyl sites for hydroxylation is 1. The first kappa shape index (κ1) is 12.3. The minimum atomic E-state index is 0.496. The second kappa shape index (κ2) is 5.11. The van der Waals surface area contributed by atoms with Crippen LogP contribution in [0.3, 0.4) is 0 Å². The molecule has 18 heavy (non-hydrogen) atoms. The van der Waals surface area contributed by atoms with E-state index in [1.54, 1.807) is 0 Å². The predicted octanol–water partition coefficient (Wildman–Crippen LogP) is 4.17. The van der Waals surface area contributed by atoms with Crippen LogP contribution in [0.1, 0.15) is 29.5 Å². The zero-order valence-electron chi connectivity index (χ0n) is 10.2. The van der Waals surface area contributed by atoms with Crippen LogP contribution in [0.5, 0.6) is 0 Å². The fourth-order valence-electron chi connectivity index (χ4n) is 2.41. The average Bonchev–Trinajstić information content (AvgIpc) is 2.83. The molecule has 1 unspecified atom stereocenters. The van der Waals surface area contributed by atoms with Crippen molar-refractivity contribution in [3.05, 3.63) is 39.3 Å². The maximum Gasteiger partial charge on any atom is 0.123 e. The molecule has 2 nitrogen and oxygen atoms in total. The van der Waals surface area contributed by atoms with Gasteiger partial charge in [-0.05, 0) is 38.4 Å². The molecule has 0 radical (unpaired) electrons. The summed E-state index contributed by atoms with van der Waals surface area (Å²) >= 11 is 5.31. The minimum absolute atomic E-state index is 0.496. The number of rotatable bonds is 2. The molecule has 0 aliphatic heterocycles. The van der Waals surface area contributed by atoms with E-state index in [1.165, 1.54) is 29.0 Å². The highest BCUT2D eigenvalue weighted by Gasteiger charge is 2.23. The Kier molecular flexibility index (Phi) is 3.50. The van der Waals surface area contributed by atoms with Crippen molar-refractivity contribution in [3.8, 4) is 10.6 Å². The maximum absolute atomic E-state index is 4.81. The van der Waals surface area contributed by atoms with E-state index in [-0.39, 0.29) is 0 Å². The molecule has 1 aromatic carbocycles. The largest absolute Gasteiger partial charge is 0.312 e. The van der Waals surface area contributed by atoms with Crippen molar-refractivity contribution in [3.63, 3.8) is 0 Å². The lowest BCUT2D eigenvalue weighted by atomic mass is 9.98. The van der Waals surface area contributed by atoms with Crippen LogP contribution in [0, 0.1) is 0 Å². The molecule has 2 aromatic rings. The summed E-state index contributed by atoms with van der Waals surface area (Å²) in [5.74, 6) is 0. The first-order chi connectivity index (χ1) is 8.78. The maximum atomic E-state index is 4.81. The Morgan fingerprint density at radius 3 is 2.83 bits per heavy atom. The zero-order valence-corrected chi connectivity index (χ0v) is 12.6. The monoisotopic (exact) mass is 322 g/mol. The van der Waals surface area contributed by atoms with Crippen LogP contribution in [-0.4, -0.2) is 12.0 Å². The third-order valence-corrected chi connectivity index (χ3v) is 5.18. The normalized spacial score (nSPS) is 18.7. The van der Waals surface area contributed by atoms with Crippen molar-refractivity contribution < 1.29 is 0 Å². The number of nitrogens with zero attached hydrogens (tertiary/aromatic N) is 1. The van der Waals surface area contributed by atoms with Crippen molar-refractivity contribution in [2.45, 2.75) is 25.3 Å². The van der Waals surface area contributed by atoms with Crippen LogP contribution in [-0.2, 0) is 6.42 Å². The highest BCUT2D eigenvalue weighted by Crippen LogP contribution is 2.37. The fraction of sp³-hybridized carbons (Fsp3) is 0.357. The van der Waals surface area contributed by atoms with E-state index in [2.05, 4.69) is 45.5 Å². The SMILES string of the molecule is CNC1CCCc2nc(-c3ccc(Br)cc3)sc21. The van der Waals surface area contributed by atoms with E-state index in [1.807, 2.05) is 18.4 Å². The summed E-state index contributed by atoms with van der Waals surface area (Å²) in [4.78, 5) is 6.24. The Balaban J connectivity index is 1.99. The number of aromatic nitrogens is 1. The molecule has 1 atom stereocenters. The van der Waals surface area contributed by atoms with Gasteiger partial charge in [-0.2, -0.15) is 0 Å². The lowest BCUT2D eigenvalue weighted by Gasteiger charge is -2.19. The molecule has 1 heterocycles. The van der Waals surface area contributed by atoms with Gasteiger partial charge in [-0.1, -0.05) is 28.1 Å². The molecule has 1 aliphatic rings. The highest BCUT2D eigenvalue weighted by atomic mass is 79.9. The van der Waals surface area contributed by atoms with E-state index in [4.69, 9.17) is 4.98 Å². The number of thiazole rings is 1. The summed E-state index contributed by atoms with van der Waals surface area (Å²) in [6, 6.07) is 8.90. The summed E-state index contributed by atoms with van der Waals surface area (Å²) in [6.07, 6.45) is 3.59. The molecular formula is C14H15BrN2S. The van der Waals surface area contributed by atoms with Gasteiger partial charge in [0.25, 0.3) is 0 Å². The smallest absolute Gasteiger partial charge is 0.123 e. The van der Waals surface area contributed by atoms with Crippen molar-refractivity contribution in [1.82, 2.24) is 10.3 Å². The van der Waals surface area contributed by atoms with E-state index in [0.29, 0.717) is 6.04 Å². The van der Waals surface area contributed by atoms with Crippen molar-refractivity contribution in [2.24, 2.45) is 0 Å². The molecule has 94 valence electrons. The second-order valence-electron chi connectivity index (χ2n) is 4.57. The molecule has 0 amide bonds. The molecule has 4 heteroatoms. The summed E-state index contributed by atoms with van der Waals surface area (Å²) in [5, 5.41) is 4.54. The molecule has 1 N–H and O–H groups in total. The summed E-state index contributed by atoms with van der Waals surface area (Å²) in [6.45, 7) is 0. The van der Waals surface area contributed by atoms with Crippen LogP contribution < -0.4 is 5.32 Å². The van der Waals surface area contributed by atoms with Gasteiger partial charge in [-0.15, -0.1) is 11.3 Å². The van der Waals surface area contributed by atoms with E-state index < -0.39 is 0 Å². The standard InChI is InChI=1S/C14H15BrN2S/c1-16-11-3-2-4-12-13(11)18-14(17-12)9-5-7-10(15)8-6-9/h5-8,11,16H,2-4H2,1H3. The van der Waals surface area contributed by atoms with Gasteiger partial charge < -0.3 is 5.32 Å². The molecule has 0 fully saturated rings. The van der Waals surface area contributed by atoms with Gasteiger partial charge in [0, 0.05) is 21.0 Å². The van der Waals surface area contributed by atoms with Crippen LogP contribution in [0.25, 0.3) is 10.6 Å². The number of benzene rings is 1. The molecule has 3 rings (SSSR count). The molecule has 0 bridgehead atoms. The number of hydrogen-bond donors (Lipinski definition) is 1. The third-order valence-electron chi connectivity index (χ3n) is 3.39. The molecule has 0 spiro atoms. The van der Waals surface area contributed by atoms with Gasteiger partial charge in [0.15, 0.2) is 0 Å². The third kappa shape index (κ3) is 2.25. The quantitative estimate of drug-likeness (QED) is 0.897. The Labute approximate surface area is 120 Å². The van der Waals surface area contributed by atoms with Crippen LogP contribution in [0.15, 0.2) is 28.7 Å². The zero-order chi connectivity index (χ0) is 12.5. The Bertz CT molecular complexity index is 547. The van der Waals surface area contributed by atoms with Gasteiger partial charge in [0.05, 0.1) is 5.69 Å². The first-order valence-electron chi connectivity index (χ1n) is 6.20. The summed E-state index contributed by atoms with van der Waals surface area (Å²) < 4.78 is 1.11. The minimum Gasteiger partial charge on any atom is -0.312 e. The Morgan fingerprint density at radius 2 is 2.11 bits per heavy atom. The van der Waals surface area contributed by atoms with Gasteiger partial charge >= 0.3 is 0 Å². The number of halogens is 1.